The molecule has 2 aromatic rings. The number of terminal acetylenes is 1. The number of hydrogen-bond acceptors (Lipinski definition) is 3. The molecule has 2 aromatic carbocycles. The van der Waals surface area contributed by atoms with Gasteiger partial charge in [-0.1, -0.05) is 18.1 Å². The molecule has 24 heavy (non-hydrogen) atoms. The molecule has 5 nitrogen and oxygen atoms in total. The SMILES string of the molecule is C#CCOc1cccc(NC(=O)c2cccc(NC(=O)CCl)c2)c1. The van der Waals surface area contributed by atoms with E-state index in [1.54, 1.807) is 48.5 Å². The minimum Gasteiger partial charge on any atom is -0.481 e. The number of rotatable bonds is 6. The number of ether oxygens (including phenoxy) is 1. The molecule has 0 saturated carbocycles. The lowest BCUT2D eigenvalue weighted by molar-refractivity contribution is -0.113. The molecule has 0 fully saturated rings. The minimum absolute atomic E-state index is 0.152. The maximum Gasteiger partial charge on any atom is 0.255 e. The number of alkyl halides is 1. The maximum atomic E-state index is 12.3. The number of benzene rings is 2. The molecule has 0 heterocycles. The number of carbonyl (C=O) groups is 2. The van der Waals surface area contributed by atoms with Gasteiger partial charge in [-0.25, -0.2) is 0 Å². The molecule has 0 bridgehead atoms. The first-order chi connectivity index (χ1) is 11.6. The number of carbonyl (C=O) groups excluding carboxylic acids is 2. The Hall–Kier alpha value is -2.97. The van der Waals surface area contributed by atoms with Gasteiger partial charge in [-0.3, -0.25) is 9.59 Å². The average Bonchev–Trinajstić information content (AvgIpc) is 2.60. The second-order valence-electron chi connectivity index (χ2n) is 4.74. The molecule has 2 amide bonds. The summed E-state index contributed by atoms with van der Waals surface area (Å²) in [5.41, 5.74) is 1.47. The highest BCUT2D eigenvalue weighted by Gasteiger charge is 2.08. The topological polar surface area (TPSA) is 67.4 Å². The maximum absolute atomic E-state index is 12.3. The van der Waals surface area contributed by atoms with E-state index in [0.717, 1.165) is 0 Å². The highest BCUT2D eigenvalue weighted by atomic mass is 35.5. The van der Waals surface area contributed by atoms with E-state index >= 15 is 0 Å². The molecule has 0 radical (unpaired) electrons. The second-order valence-corrected chi connectivity index (χ2v) is 5.00. The predicted molar refractivity (Wildman–Crippen MR) is 94.5 cm³/mol. The van der Waals surface area contributed by atoms with E-state index in [1.807, 2.05) is 0 Å². The normalized spacial score (nSPS) is 9.67. The summed E-state index contributed by atoms with van der Waals surface area (Å²) in [5, 5.41) is 5.35. The first kappa shape index (κ1) is 17.4. The summed E-state index contributed by atoms with van der Waals surface area (Å²) in [6.45, 7) is 0.152. The lowest BCUT2D eigenvalue weighted by atomic mass is 10.2. The third-order valence-corrected chi connectivity index (χ3v) is 3.19. The summed E-state index contributed by atoms with van der Waals surface area (Å²) in [5.74, 6) is 2.13. The zero-order valence-corrected chi connectivity index (χ0v) is 13.5. The first-order valence-electron chi connectivity index (χ1n) is 7.06. The second kappa shape index (κ2) is 8.61. The predicted octanol–water partition coefficient (Wildman–Crippen LogP) is 3.13. The summed E-state index contributed by atoms with van der Waals surface area (Å²) in [6, 6.07) is 13.5. The molecule has 6 heteroatoms. The van der Waals surface area contributed by atoms with Gasteiger partial charge in [0.2, 0.25) is 5.91 Å². The Morgan fingerprint density at radius 1 is 1.08 bits per heavy atom. The number of hydrogen-bond donors (Lipinski definition) is 2. The Bertz CT molecular complexity index is 784. The summed E-state index contributed by atoms with van der Waals surface area (Å²) in [4.78, 5) is 23.6. The van der Waals surface area contributed by atoms with Gasteiger partial charge in [0, 0.05) is 23.0 Å². The molecular formula is C18H15ClN2O3. The first-order valence-corrected chi connectivity index (χ1v) is 7.59. The zero-order valence-electron chi connectivity index (χ0n) is 12.7. The van der Waals surface area contributed by atoms with E-state index in [2.05, 4.69) is 16.6 Å². The van der Waals surface area contributed by atoms with Crippen LogP contribution in [-0.2, 0) is 4.79 Å². The van der Waals surface area contributed by atoms with Crippen molar-refractivity contribution in [1.29, 1.82) is 0 Å². The fourth-order valence-electron chi connectivity index (χ4n) is 1.92. The molecule has 0 saturated heterocycles. The van der Waals surface area contributed by atoms with Gasteiger partial charge in [-0.2, -0.15) is 0 Å². The van der Waals surface area contributed by atoms with Crippen molar-refractivity contribution in [3.8, 4) is 18.1 Å². The lowest BCUT2D eigenvalue weighted by Crippen LogP contribution is -2.15. The monoisotopic (exact) mass is 342 g/mol. The van der Waals surface area contributed by atoms with Crippen molar-refractivity contribution >= 4 is 34.8 Å². The van der Waals surface area contributed by atoms with Gasteiger partial charge in [-0.15, -0.1) is 18.0 Å². The quantitative estimate of drug-likeness (QED) is 0.626. The van der Waals surface area contributed by atoms with Crippen LogP contribution in [0.1, 0.15) is 10.4 Å². The third-order valence-electron chi connectivity index (χ3n) is 2.94. The van der Waals surface area contributed by atoms with E-state index < -0.39 is 0 Å². The van der Waals surface area contributed by atoms with Crippen molar-refractivity contribution in [2.75, 3.05) is 23.1 Å². The van der Waals surface area contributed by atoms with Gasteiger partial charge in [0.05, 0.1) is 0 Å². The summed E-state index contributed by atoms with van der Waals surface area (Å²) in [6.07, 6.45) is 5.15. The number of halogens is 1. The van der Waals surface area contributed by atoms with Gasteiger partial charge in [0.15, 0.2) is 0 Å². The van der Waals surface area contributed by atoms with Crippen molar-refractivity contribution in [3.05, 3.63) is 54.1 Å². The Balaban J connectivity index is 2.08. The largest absolute Gasteiger partial charge is 0.481 e. The molecule has 0 aromatic heterocycles. The smallest absolute Gasteiger partial charge is 0.255 e. The Morgan fingerprint density at radius 3 is 2.50 bits per heavy atom. The standard InChI is InChI=1S/C18H15ClN2O3/c1-2-9-24-16-8-4-7-15(11-16)21-18(23)13-5-3-6-14(10-13)20-17(22)12-19/h1,3-8,10-11H,9,12H2,(H,20,22)(H,21,23). The summed E-state index contributed by atoms with van der Waals surface area (Å²) in [7, 11) is 0. The van der Waals surface area contributed by atoms with E-state index in [-0.39, 0.29) is 24.3 Å². The van der Waals surface area contributed by atoms with Crippen LogP contribution in [-0.4, -0.2) is 24.3 Å². The molecule has 2 N–H and O–H groups in total. The molecule has 0 spiro atoms. The van der Waals surface area contributed by atoms with Crippen LogP contribution in [0.15, 0.2) is 48.5 Å². The Morgan fingerprint density at radius 2 is 1.79 bits per heavy atom. The van der Waals surface area contributed by atoms with Crippen LogP contribution >= 0.6 is 11.6 Å². The number of anilines is 2. The minimum atomic E-state index is -0.340. The van der Waals surface area contributed by atoms with Crippen LogP contribution in [0.2, 0.25) is 0 Å². The zero-order chi connectivity index (χ0) is 17.4. The van der Waals surface area contributed by atoms with Gasteiger partial charge in [0.25, 0.3) is 5.91 Å². The van der Waals surface area contributed by atoms with Crippen molar-refractivity contribution in [2.24, 2.45) is 0 Å². The van der Waals surface area contributed by atoms with E-state index in [4.69, 9.17) is 22.8 Å². The van der Waals surface area contributed by atoms with Crippen molar-refractivity contribution < 1.29 is 14.3 Å². The fourth-order valence-corrected chi connectivity index (χ4v) is 1.99. The fraction of sp³-hybridized carbons (Fsp3) is 0.111. The Labute approximate surface area is 145 Å². The van der Waals surface area contributed by atoms with Gasteiger partial charge >= 0.3 is 0 Å². The molecular weight excluding hydrogens is 328 g/mol. The highest BCUT2D eigenvalue weighted by Crippen LogP contribution is 2.19. The molecule has 0 aliphatic rings. The summed E-state index contributed by atoms with van der Waals surface area (Å²) >= 11 is 5.45. The molecule has 122 valence electrons. The van der Waals surface area contributed by atoms with Crippen LogP contribution in [0.5, 0.6) is 5.75 Å². The molecule has 0 atom stereocenters. The van der Waals surface area contributed by atoms with Crippen LogP contribution in [0.3, 0.4) is 0 Å². The Kier molecular flexibility index (Phi) is 6.23. The number of amides is 2. The molecule has 0 aliphatic carbocycles. The van der Waals surface area contributed by atoms with Crippen LogP contribution < -0.4 is 15.4 Å². The van der Waals surface area contributed by atoms with Crippen molar-refractivity contribution in [1.82, 2.24) is 0 Å². The molecule has 0 unspecified atom stereocenters. The average molecular weight is 343 g/mol. The van der Waals surface area contributed by atoms with E-state index in [1.165, 1.54) is 0 Å². The molecule has 0 aliphatic heterocycles. The van der Waals surface area contributed by atoms with Gasteiger partial charge in [0.1, 0.15) is 18.2 Å². The highest BCUT2D eigenvalue weighted by molar-refractivity contribution is 6.29. The van der Waals surface area contributed by atoms with Crippen molar-refractivity contribution in [2.45, 2.75) is 0 Å². The number of nitrogens with one attached hydrogen (secondary N) is 2. The third kappa shape index (κ3) is 5.04. The summed E-state index contributed by atoms with van der Waals surface area (Å²) < 4.78 is 5.31. The van der Waals surface area contributed by atoms with E-state index in [9.17, 15) is 9.59 Å². The van der Waals surface area contributed by atoms with Crippen LogP contribution in [0.25, 0.3) is 0 Å². The van der Waals surface area contributed by atoms with Crippen LogP contribution in [0.4, 0.5) is 11.4 Å². The van der Waals surface area contributed by atoms with Gasteiger partial charge < -0.3 is 15.4 Å². The lowest BCUT2D eigenvalue weighted by Gasteiger charge is -2.09. The van der Waals surface area contributed by atoms with Crippen LogP contribution in [0, 0.1) is 12.3 Å². The van der Waals surface area contributed by atoms with E-state index in [0.29, 0.717) is 22.7 Å². The molecule has 2 rings (SSSR count). The van der Waals surface area contributed by atoms with Gasteiger partial charge in [-0.05, 0) is 30.3 Å². The van der Waals surface area contributed by atoms with Crippen molar-refractivity contribution in [3.63, 3.8) is 0 Å².